The number of carbonyl (C=O) groups is 2. The molecule has 0 spiro atoms. The minimum Gasteiger partial charge on any atom is -0.476 e. The zero-order valence-electron chi connectivity index (χ0n) is 10.5. The van der Waals surface area contributed by atoms with Crippen molar-refractivity contribution in [1.29, 1.82) is 0 Å². The number of nitrogens with zero attached hydrogens (tertiary/aromatic N) is 3. The zero-order chi connectivity index (χ0) is 14.8. The van der Waals surface area contributed by atoms with Crippen LogP contribution in [0.3, 0.4) is 0 Å². The largest absolute Gasteiger partial charge is 0.476 e. The first kappa shape index (κ1) is 14.4. The lowest BCUT2D eigenvalue weighted by Crippen LogP contribution is -2.33. The third kappa shape index (κ3) is 3.53. The van der Waals surface area contributed by atoms with Gasteiger partial charge in [0.15, 0.2) is 15.5 Å². The second-order valence-corrected chi connectivity index (χ2v) is 6.79. The molecule has 0 aromatic carbocycles. The minimum atomic E-state index is -3.08. The molecule has 9 nitrogen and oxygen atoms in total. The Morgan fingerprint density at radius 2 is 2.25 bits per heavy atom. The Hall–Kier alpha value is -1.97. The Morgan fingerprint density at radius 1 is 1.50 bits per heavy atom. The molecule has 1 aromatic rings. The van der Waals surface area contributed by atoms with E-state index in [0.29, 0.717) is 6.42 Å². The van der Waals surface area contributed by atoms with Gasteiger partial charge in [0, 0.05) is 6.54 Å². The number of aromatic carboxylic acids is 1. The van der Waals surface area contributed by atoms with Crippen molar-refractivity contribution >= 4 is 21.7 Å². The van der Waals surface area contributed by atoms with Crippen molar-refractivity contribution in [1.82, 2.24) is 20.3 Å². The van der Waals surface area contributed by atoms with Gasteiger partial charge in [-0.3, -0.25) is 4.79 Å². The van der Waals surface area contributed by atoms with Gasteiger partial charge in [0.05, 0.1) is 30.2 Å². The summed E-state index contributed by atoms with van der Waals surface area (Å²) in [5, 5.41) is 18.3. The minimum absolute atomic E-state index is 0.0517. The number of hydrogen-bond acceptors (Lipinski definition) is 6. The van der Waals surface area contributed by atoms with Crippen LogP contribution in [0.2, 0.25) is 0 Å². The predicted octanol–water partition coefficient (Wildman–Crippen LogP) is -1.47. The van der Waals surface area contributed by atoms with E-state index >= 15 is 0 Å². The second-order valence-electron chi connectivity index (χ2n) is 4.56. The molecule has 1 aromatic heterocycles. The number of carbonyl (C=O) groups excluding carboxylic acids is 1. The van der Waals surface area contributed by atoms with Crippen LogP contribution < -0.4 is 5.32 Å². The van der Waals surface area contributed by atoms with E-state index in [2.05, 4.69) is 15.6 Å². The standard InChI is InChI=1S/C10H14N4O5S/c15-9(7-1-4-20(18,19)6-7)11-2-3-14-5-8(10(16)17)12-13-14/h5,7H,1-4,6H2,(H,11,15)(H,16,17). The van der Waals surface area contributed by atoms with Crippen LogP contribution >= 0.6 is 0 Å². The van der Waals surface area contributed by atoms with Crippen LogP contribution in [0.15, 0.2) is 6.20 Å². The summed E-state index contributed by atoms with van der Waals surface area (Å²) in [6.07, 6.45) is 1.61. The topological polar surface area (TPSA) is 131 Å². The number of carboxylic acid groups (broad SMARTS) is 1. The number of hydrogen-bond donors (Lipinski definition) is 2. The quantitative estimate of drug-likeness (QED) is 0.678. The molecule has 0 saturated carbocycles. The van der Waals surface area contributed by atoms with E-state index in [-0.39, 0.29) is 36.2 Å². The number of sulfone groups is 1. The van der Waals surface area contributed by atoms with E-state index in [4.69, 9.17) is 5.11 Å². The highest BCUT2D eigenvalue weighted by Crippen LogP contribution is 2.18. The van der Waals surface area contributed by atoms with Crippen LogP contribution in [0, 0.1) is 5.92 Å². The monoisotopic (exact) mass is 302 g/mol. The van der Waals surface area contributed by atoms with E-state index in [9.17, 15) is 18.0 Å². The van der Waals surface area contributed by atoms with Gasteiger partial charge in [0.2, 0.25) is 5.91 Å². The molecule has 1 unspecified atom stereocenters. The van der Waals surface area contributed by atoms with Crippen LogP contribution in [0.1, 0.15) is 16.9 Å². The first-order chi connectivity index (χ1) is 9.37. The molecular weight excluding hydrogens is 288 g/mol. The molecule has 1 aliphatic heterocycles. The van der Waals surface area contributed by atoms with E-state index in [1.165, 1.54) is 10.9 Å². The van der Waals surface area contributed by atoms with E-state index in [1.807, 2.05) is 0 Å². The van der Waals surface area contributed by atoms with Gasteiger partial charge in [0.1, 0.15) is 0 Å². The summed E-state index contributed by atoms with van der Waals surface area (Å²) >= 11 is 0. The van der Waals surface area contributed by atoms with Gasteiger partial charge in [-0.25, -0.2) is 17.9 Å². The molecule has 20 heavy (non-hydrogen) atoms. The summed E-state index contributed by atoms with van der Waals surface area (Å²) in [6, 6.07) is 0. The summed E-state index contributed by atoms with van der Waals surface area (Å²) in [4.78, 5) is 22.3. The van der Waals surface area contributed by atoms with Crippen molar-refractivity contribution in [2.75, 3.05) is 18.1 Å². The number of amides is 1. The van der Waals surface area contributed by atoms with Crippen LogP contribution in [-0.2, 0) is 21.2 Å². The first-order valence-corrected chi connectivity index (χ1v) is 7.81. The normalized spacial score (nSPS) is 20.7. The maximum atomic E-state index is 11.7. The smallest absolute Gasteiger partial charge is 0.358 e. The fourth-order valence-electron chi connectivity index (χ4n) is 1.95. The molecule has 1 amide bonds. The maximum absolute atomic E-state index is 11.7. The van der Waals surface area contributed by atoms with Crippen molar-refractivity contribution < 1.29 is 23.1 Å². The van der Waals surface area contributed by atoms with Crippen molar-refractivity contribution in [3.8, 4) is 0 Å². The molecule has 2 rings (SSSR count). The highest BCUT2D eigenvalue weighted by atomic mass is 32.2. The maximum Gasteiger partial charge on any atom is 0.358 e. The van der Waals surface area contributed by atoms with Crippen LogP contribution in [0.4, 0.5) is 0 Å². The highest BCUT2D eigenvalue weighted by molar-refractivity contribution is 7.91. The zero-order valence-corrected chi connectivity index (χ0v) is 11.3. The number of aromatic nitrogens is 3. The molecule has 1 fully saturated rings. The number of nitrogens with one attached hydrogen (secondary N) is 1. The molecule has 110 valence electrons. The van der Waals surface area contributed by atoms with Crippen molar-refractivity contribution in [2.45, 2.75) is 13.0 Å². The van der Waals surface area contributed by atoms with Crippen molar-refractivity contribution in [3.63, 3.8) is 0 Å². The molecule has 2 N–H and O–H groups in total. The fourth-order valence-corrected chi connectivity index (χ4v) is 3.69. The third-order valence-electron chi connectivity index (χ3n) is 3.00. The molecule has 1 saturated heterocycles. The lowest BCUT2D eigenvalue weighted by Gasteiger charge is -2.08. The van der Waals surface area contributed by atoms with E-state index in [0.717, 1.165) is 0 Å². The van der Waals surface area contributed by atoms with Gasteiger partial charge in [0.25, 0.3) is 0 Å². The Balaban J connectivity index is 1.78. The third-order valence-corrected chi connectivity index (χ3v) is 4.77. The summed E-state index contributed by atoms with van der Waals surface area (Å²) in [6.45, 7) is 0.503. The van der Waals surface area contributed by atoms with Gasteiger partial charge >= 0.3 is 5.97 Å². The average Bonchev–Trinajstić information content (AvgIpc) is 2.95. The molecule has 1 aliphatic rings. The van der Waals surface area contributed by atoms with Crippen LogP contribution in [0.25, 0.3) is 0 Å². The molecule has 0 bridgehead atoms. The van der Waals surface area contributed by atoms with Gasteiger partial charge in [-0.1, -0.05) is 5.21 Å². The summed E-state index contributed by atoms with van der Waals surface area (Å²) < 4.78 is 23.8. The Labute approximate surface area is 114 Å². The van der Waals surface area contributed by atoms with Gasteiger partial charge in [-0.2, -0.15) is 0 Å². The average molecular weight is 302 g/mol. The summed E-state index contributed by atoms with van der Waals surface area (Å²) in [5.41, 5.74) is -0.168. The first-order valence-electron chi connectivity index (χ1n) is 5.99. The number of rotatable bonds is 5. The van der Waals surface area contributed by atoms with E-state index in [1.54, 1.807) is 0 Å². The fraction of sp³-hybridized carbons (Fsp3) is 0.600. The summed E-state index contributed by atoms with van der Waals surface area (Å²) in [5.74, 6) is -2.02. The molecule has 0 radical (unpaired) electrons. The van der Waals surface area contributed by atoms with Crippen molar-refractivity contribution in [2.24, 2.45) is 5.92 Å². The predicted molar refractivity (Wildman–Crippen MR) is 66.8 cm³/mol. The second kappa shape index (κ2) is 5.57. The van der Waals surface area contributed by atoms with Gasteiger partial charge < -0.3 is 10.4 Å². The van der Waals surface area contributed by atoms with Crippen LogP contribution in [0.5, 0.6) is 0 Å². The lowest BCUT2D eigenvalue weighted by molar-refractivity contribution is -0.124. The Morgan fingerprint density at radius 3 is 2.80 bits per heavy atom. The number of carboxylic acids is 1. The molecule has 2 heterocycles. The SMILES string of the molecule is O=C(O)c1cn(CCNC(=O)C2CCS(=O)(=O)C2)nn1. The molecule has 10 heteroatoms. The van der Waals surface area contributed by atoms with E-state index < -0.39 is 21.7 Å². The highest BCUT2D eigenvalue weighted by Gasteiger charge is 2.32. The van der Waals surface area contributed by atoms with Crippen LogP contribution in [-0.4, -0.2) is 58.4 Å². The molecule has 0 aliphatic carbocycles. The lowest BCUT2D eigenvalue weighted by atomic mass is 10.1. The Bertz CT molecular complexity index is 623. The molecule has 1 atom stereocenters. The molecular formula is C10H14N4O5S. The van der Waals surface area contributed by atoms with Gasteiger partial charge in [-0.05, 0) is 6.42 Å². The van der Waals surface area contributed by atoms with Crippen molar-refractivity contribution in [3.05, 3.63) is 11.9 Å². The Kier molecular flexibility index (Phi) is 4.02. The van der Waals surface area contributed by atoms with Gasteiger partial charge in [-0.15, -0.1) is 5.10 Å². The summed E-state index contributed by atoms with van der Waals surface area (Å²) in [7, 11) is -3.08.